The minimum atomic E-state index is 0.586. The molecule has 0 aromatic rings. The lowest BCUT2D eigenvalue weighted by Gasteiger charge is -1.96. The molecule has 0 saturated carbocycles. The van der Waals surface area contributed by atoms with Crippen LogP contribution in [0.2, 0.25) is 0 Å². The van der Waals surface area contributed by atoms with E-state index in [9.17, 15) is 0 Å². The molecular weight excluding hydrogens is 148 g/mol. The highest BCUT2D eigenvalue weighted by Crippen LogP contribution is 1.88. The zero-order valence-corrected chi connectivity index (χ0v) is 7.80. The first-order valence-corrected chi connectivity index (χ1v) is 3.86. The first kappa shape index (κ1) is 10.7. The second kappa shape index (κ2) is 6.40. The first-order valence-electron chi connectivity index (χ1n) is 3.86. The number of aliphatic imine (C=N–C) groups is 1. The number of hydrogen-bond donors (Lipinski definition) is 1. The van der Waals surface area contributed by atoms with Gasteiger partial charge in [-0.15, -0.1) is 0 Å². The number of nitrogens with zero attached hydrogens (tertiary/aromatic N) is 1. The molecule has 0 saturated heterocycles. The highest BCUT2D eigenvalue weighted by molar-refractivity contribution is 5.92. The fraction of sp³-hybridized carbons (Fsp3) is 0.300. The Morgan fingerprint density at radius 2 is 2.00 bits per heavy atom. The van der Waals surface area contributed by atoms with E-state index in [2.05, 4.69) is 23.5 Å². The van der Waals surface area contributed by atoms with Gasteiger partial charge in [0.25, 0.3) is 0 Å². The molecule has 0 unspecified atom stereocenters. The molecule has 0 aliphatic carbocycles. The van der Waals surface area contributed by atoms with Gasteiger partial charge in [0.2, 0.25) is 0 Å². The molecule has 0 radical (unpaired) electrons. The molecule has 0 aliphatic heterocycles. The van der Waals surface area contributed by atoms with Crippen molar-refractivity contribution in [3.8, 4) is 0 Å². The van der Waals surface area contributed by atoms with Crippen molar-refractivity contribution < 1.29 is 0 Å². The lowest BCUT2D eigenvalue weighted by atomic mass is 10.3. The van der Waals surface area contributed by atoms with Crippen molar-refractivity contribution in [1.29, 1.82) is 0 Å². The number of allylic oxidation sites excluding steroid dienone is 3. The Kier molecular flexibility index (Phi) is 5.70. The topological polar surface area (TPSA) is 24.4 Å². The molecule has 66 valence electrons. The molecular formula is C10H16N2. The smallest absolute Gasteiger partial charge is 0.107 e. The van der Waals surface area contributed by atoms with E-state index in [4.69, 9.17) is 0 Å². The van der Waals surface area contributed by atoms with Crippen molar-refractivity contribution in [2.24, 2.45) is 4.99 Å². The maximum atomic E-state index is 4.16. The van der Waals surface area contributed by atoms with Gasteiger partial charge in [-0.3, -0.25) is 4.99 Å². The Balaban J connectivity index is 3.71. The van der Waals surface area contributed by atoms with Crippen LogP contribution >= 0.6 is 0 Å². The van der Waals surface area contributed by atoms with Gasteiger partial charge in [-0.2, -0.15) is 0 Å². The van der Waals surface area contributed by atoms with Crippen LogP contribution in [0.15, 0.2) is 42.1 Å². The van der Waals surface area contributed by atoms with Crippen LogP contribution in [-0.4, -0.2) is 12.4 Å². The van der Waals surface area contributed by atoms with E-state index in [1.807, 2.05) is 20.0 Å². The monoisotopic (exact) mass is 164 g/mol. The van der Waals surface area contributed by atoms with E-state index >= 15 is 0 Å². The Morgan fingerprint density at radius 1 is 1.33 bits per heavy atom. The fourth-order valence-corrected chi connectivity index (χ4v) is 0.500. The van der Waals surface area contributed by atoms with Crippen molar-refractivity contribution in [3.63, 3.8) is 0 Å². The lowest BCUT2D eigenvalue weighted by Crippen LogP contribution is -2.06. The summed E-state index contributed by atoms with van der Waals surface area (Å²) in [6.07, 6.45) is 5.40. The summed E-state index contributed by atoms with van der Waals surface area (Å²) in [6, 6.07) is 0. The lowest BCUT2D eigenvalue weighted by molar-refractivity contribution is 0.878. The third-order valence-electron chi connectivity index (χ3n) is 1.37. The van der Waals surface area contributed by atoms with Gasteiger partial charge in [-0.1, -0.05) is 19.2 Å². The number of hydrogen-bond acceptors (Lipinski definition) is 2. The summed E-state index contributed by atoms with van der Waals surface area (Å²) in [5, 5.41) is 3.03. The molecule has 0 aromatic carbocycles. The largest absolute Gasteiger partial charge is 0.372 e. The number of nitrogens with one attached hydrogen (secondary N) is 1. The Morgan fingerprint density at radius 3 is 2.50 bits per heavy atom. The first-order chi connectivity index (χ1) is 5.70. The van der Waals surface area contributed by atoms with Crippen LogP contribution in [0, 0.1) is 0 Å². The van der Waals surface area contributed by atoms with Gasteiger partial charge in [0, 0.05) is 11.9 Å². The summed E-state index contributed by atoms with van der Waals surface area (Å²) in [5.74, 6) is 0. The van der Waals surface area contributed by atoms with Gasteiger partial charge in [-0.05, 0) is 25.5 Å². The maximum absolute atomic E-state index is 4.16. The molecule has 0 aliphatic rings. The van der Waals surface area contributed by atoms with Crippen LogP contribution in [0.1, 0.15) is 13.8 Å². The minimum Gasteiger partial charge on any atom is -0.372 e. The summed E-state index contributed by atoms with van der Waals surface area (Å²) in [4.78, 5) is 4.16. The molecule has 0 spiro atoms. The molecule has 2 nitrogen and oxygen atoms in total. The average Bonchev–Trinajstić information content (AvgIpc) is 2.11. The molecule has 12 heavy (non-hydrogen) atoms. The van der Waals surface area contributed by atoms with E-state index in [0.29, 0.717) is 6.67 Å². The van der Waals surface area contributed by atoms with Gasteiger partial charge in [-0.25, -0.2) is 0 Å². The van der Waals surface area contributed by atoms with Crippen LogP contribution in [0.5, 0.6) is 0 Å². The van der Waals surface area contributed by atoms with Gasteiger partial charge in [0.05, 0.1) is 0 Å². The SMILES string of the molecule is C=C/C(C)=C/NC/N=C(\C)C=C. The van der Waals surface area contributed by atoms with Crippen LogP contribution in [0.3, 0.4) is 0 Å². The standard InChI is InChI=1S/C10H16N2/c1-5-9(3)7-11-8-12-10(4)6-2/h5-7,11H,1-2,8H2,3-4H3/b9-7+,12-10+. The Bertz CT molecular complexity index is 188. The van der Waals surface area contributed by atoms with Crippen molar-refractivity contribution in [2.75, 3.05) is 6.67 Å². The van der Waals surface area contributed by atoms with Crippen LogP contribution < -0.4 is 5.32 Å². The molecule has 0 fully saturated rings. The van der Waals surface area contributed by atoms with E-state index < -0.39 is 0 Å². The normalized spacial score (nSPS) is 12.5. The van der Waals surface area contributed by atoms with Crippen molar-refractivity contribution >= 4 is 5.71 Å². The van der Waals surface area contributed by atoms with Gasteiger partial charge in [0.1, 0.15) is 6.67 Å². The molecule has 0 rings (SSSR count). The zero-order valence-electron chi connectivity index (χ0n) is 7.80. The quantitative estimate of drug-likeness (QED) is 0.376. The predicted octanol–water partition coefficient (Wildman–Crippen LogP) is 2.27. The van der Waals surface area contributed by atoms with Gasteiger partial charge in [0.15, 0.2) is 0 Å². The van der Waals surface area contributed by atoms with Crippen molar-refractivity contribution in [2.45, 2.75) is 13.8 Å². The van der Waals surface area contributed by atoms with Crippen molar-refractivity contribution in [3.05, 3.63) is 37.1 Å². The van der Waals surface area contributed by atoms with Crippen LogP contribution in [-0.2, 0) is 0 Å². The van der Waals surface area contributed by atoms with Gasteiger partial charge < -0.3 is 5.32 Å². The van der Waals surface area contributed by atoms with E-state index in [0.717, 1.165) is 11.3 Å². The second-order valence-corrected chi connectivity index (χ2v) is 2.46. The molecule has 0 bridgehead atoms. The maximum Gasteiger partial charge on any atom is 0.107 e. The highest BCUT2D eigenvalue weighted by Gasteiger charge is 1.80. The summed E-state index contributed by atoms with van der Waals surface area (Å²) in [7, 11) is 0. The molecule has 1 N–H and O–H groups in total. The molecule has 0 atom stereocenters. The summed E-state index contributed by atoms with van der Waals surface area (Å²) in [5.41, 5.74) is 2.04. The highest BCUT2D eigenvalue weighted by atomic mass is 15.0. The molecule has 2 heteroatoms. The molecule has 0 aromatic heterocycles. The number of rotatable bonds is 5. The fourth-order valence-electron chi connectivity index (χ4n) is 0.500. The Hall–Kier alpha value is -1.31. The minimum absolute atomic E-state index is 0.586. The van der Waals surface area contributed by atoms with E-state index in [-0.39, 0.29) is 0 Å². The van der Waals surface area contributed by atoms with Gasteiger partial charge >= 0.3 is 0 Å². The van der Waals surface area contributed by atoms with E-state index in [1.165, 1.54) is 0 Å². The van der Waals surface area contributed by atoms with E-state index in [1.54, 1.807) is 12.2 Å². The Labute approximate surface area is 74.4 Å². The van der Waals surface area contributed by atoms with Crippen LogP contribution in [0.4, 0.5) is 0 Å². The summed E-state index contributed by atoms with van der Waals surface area (Å²) < 4.78 is 0. The van der Waals surface area contributed by atoms with Crippen molar-refractivity contribution in [1.82, 2.24) is 5.32 Å². The molecule has 0 heterocycles. The second-order valence-electron chi connectivity index (χ2n) is 2.46. The summed E-state index contributed by atoms with van der Waals surface area (Å²) >= 11 is 0. The third-order valence-corrected chi connectivity index (χ3v) is 1.37. The predicted molar refractivity (Wildman–Crippen MR) is 55.3 cm³/mol. The van der Waals surface area contributed by atoms with Crippen LogP contribution in [0.25, 0.3) is 0 Å². The average molecular weight is 164 g/mol. The summed E-state index contributed by atoms with van der Waals surface area (Å²) in [6.45, 7) is 11.7. The third kappa shape index (κ3) is 5.47. The zero-order chi connectivity index (χ0) is 9.40. The molecule has 0 amide bonds.